The number of rotatable bonds is 14. The third kappa shape index (κ3) is 10.4. The molecule has 0 saturated carbocycles. The number of carbonyl (C=O) groups excluding carboxylic acids is 3. The maximum atomic E-state index is 13.1. The van der Waals surface area contributed by atoms with Crippen LogP contribution < -0.4 is 16.0 Å². The second-order valence-electron chi connectivity index (χ2n) is 9.88. The SMILES string of the molecule is C=C[C@@H](CC[C@H](C)NC(=O)OCc1cncs1)NC(=O)[C@@H](NC(=O)N(C)Cc1csc(C(C)C)n1)C(C)C. The quantitative estimate of drug-likeness (QED) is 0.287. The van der Waals surface area contributed by atoms with Crippen molar-refractivity contribution < 1.29 is 19.1 Å². The number of nitrogens with zero attached hydrogens (tertiary/aromatic N) is 3. The minimum absolute atomic E-state index is 0.126. The van der Waals surface area contributed by atoms with Crippen molar-refractivity contribution in [3.63, 3.8) is 0 Å². The van der Waals surface area contributed by atoms with Crippen molar-refractivity contribution in [3.8, 4) is 0 Å². The van der Waals surface area contributed by atoms with Gasteiger partial charge in [-0.3, -0.25) is 9.78 Å². The lowest BCUT2D eigenvalue weighted by Crippen LogP contribution is -2.54. The summed E-state index contributed by atoms with van der Waals surface area (Å²) >= 11 is 3.00. The van der Waals surface area contributed by atoms with Gasteiger partial charge in [0.2, 0.25) is 5.91 Å². The highest BCUT2D eigenvalue weighted by Crippen LogP contribution is 2.20. The number of amides is 4. The summed E-state index contributed by atoms with van der Waals surface area (Å²) < 4.78 is 5.20. The van der Waals surface area contributed by atoms with Gasteiger partial charge in [0, 0.05) is 36.6 Å². The standard InChI is InChI=1S/C26H40N6O4S2/c1-8-19(10-9-18(6)28-26(35)36-13-21-11-27-15-38-21)29-23(33)22(16(2)3)31-25(34)32(7)12-20-14-37-24(30-20)17(4)5/h8,11,14-19,22H,1,9-10,12-13H2,2-7H3,(H,28,35)(H,29,33)(H,31,34)/t18-,19-,22-/m0/s1. The highest BCUT2D eigenvalue weighted by molar-refractivity contribution is 7.09. The molecule has 12 heteroatoms. The zero-order valence-electron chi connectivity index (χ0n) is 23.0. The van der Waals surface area contributed by atoms with E-state index >= 15 is 0 Å². The summed E-state index contributed by atoms with van der Waals surface area (Å²) in [5.41, 5.74) is 2.50. The highest BCUT2D eigenvalue weighted by atomic mass is 32.1. The number of hydrogen-bond acceptors (Lipinski definition) is 8. The number of thiazole rings is 2. The van der Waals surface area contributed by atoms with E-state index in [1.807, 2.05) is 26.2 Å². The molecule has 2 aromatic heterocycles. The fraction of sp³-hybridized carbons (Fsp3) is 0.577. The van der Waals surface area contributed by atoms with E-state index in [4.69, 9.17) is 4.74 Å². The molecule has 0 fully saturated rings. The minimum atomic E-state index is -0.716. The van der Waals surface area contributed by atoms with Crippen LogP contribution in [-0.2, 0) is 22.7 Å². The molecule has 3 atom stereocenters. The average molecular weight is 565 g/mol. The lowest BCUT2D eigenvalue weighted by molar-refractivity contribution is -0.124. The molecule has 2 heterocycles. The molecule has 0 radical (unpaired) electrons. The van der Waals surface area contributed by atoms with E-state index in [1.54, 1.807) is 36.2 Å². The predicted octanol–water partition coefficient (Wildman–Crippen LogP) is 4.65. The molecule has 2 aromatic rings. The van der Waals surface area contributed by atoms with Crippen molar-refractivity contribution in [2.24, 2.45) is 5.92 Å². The van der Waals surface area contributed by atoms with Crippen LogP contribution in [0.3, 0.4) is 0 Å². The molecule has 2 rings (SSSR count). The topological polar surface area (TPSA) is 126 Å². The van der Waals surface area contributed by atoms with Crippen LogP contribution in [0, 0.1) is 5.92 Å². The van der Waals surface area contributed by atoms with E-state index in [1.165, 1.54) is 16.2 Å². The van der Waals surface area contributed by atoms with E-state index < -0.39 is 12.1 Å². The van der Waals surface area contributed by atoms with Gasteiger partial charge in [-0.1, -0.05) is 33.8 Å². The maximum absolute atomic E-state index is 13.1. The van der Waals surface area contributed by atoms with Crippen LogP contribution in [0.2, 0.25) is 0 Å². The lowest BCUT2D eigenvalue weighted by atomic mass is 10.0. The van der Waals surface area contributed by atoms with Gasteiger partial charge in [-0.05, 0) is 25.7 Å². The molecule has 3 N–H and O–H groups in total. The van der Waals surface area contributed by atoms with Crippen molar-refractivity contribution in [3.05, 3.63) is 45.3 Å². The molecule has 0 aliphatic heterocycles. The first kappa shape index (κ1) is 31.2. The monoisotopic (exact) mass is 564 g/mol. The number of aromatic nitrogens is 2. The second-order valence-corrected chi connectivity index (χ2v) is 11.7. The predicted molar refractivity (Wildman–Crippen MR) is 151 cm³/mol. The normalized spacial score (nSPS) is 13.5. The average Bonchev–Trinajstić information content (AvgIpc) is 3.55. The Morgan fingerprint density at radius 3 is 2.42 bits per heavy atom. The summed E-state index contributed by atoms with van der Waals surface area (Å²) in [5.74, 6) is -0.0769. The largest absolute Gasteiger partial charge is 0.444 e. The third-order valence-corrected chi connectivity index (χ3v) is 7.70. The number of carbonyl (C=O) groups is 3. The molecule has 210 valence electrons. The van der Waals surface area contributed by atoms with Crippen molar-refractivity contribution in [2.75, 3.05) is 7.05 Å². The smallest absolute Gasteiger partial charge is 0.407 e. The van der Waals surface area contributed by atoms with Gasteiger partial charge in [-0.2, -0.15) is 0 Å². The van der Waals surface area contributed by atoms with Crippen LogP contribution in [0.15, 0.2) is 29.7 Å². The Kier molecular flexibility index (Phi) is 12.7. The molecule has 4 amide bonds. The van der Waals surface area contributed by atoms with Crippen LogP contribution >= 0.6 is 22.7 Å². The Balaban J connectivity index is 1.82. The van der Waals surface area contributed by atoms with E-state index in [9.17, 15) is 14.4 Å². The summed E-state index contributed by atoms with van der Waals surface area (Å²) in [7, 11) is 1.68. The van der Waals surface area contributed by atoms with E-state index in [0.717, 1.165) is 15.6 Å². The molecule has 0 unspecified atom stereocenters. The molecule has 10 nitrogen and oxygen atoms in total. The molecule has 0 aromatic carbocycles. The Morgan fingerprint density at radius 2 is 1.84 bits per heavy atom. The maximum Gasteiger partial charge on any atom is 0.407 e. The third-order valence-electron chi connectivity index (χ3n) is 5.75. The Bertz CT molecular complexity index is 1040. The second kappa shape index (κ2) is 15.4. The molecule has 0 bridgehead atoms. The number of nitrogens with one attached hydrogen (secondary N) is 3. The summed E-state index contributed by atoms with van der Waals surface area (Å²) in [4.78, 5) is 48.9. The molecular weight excluding hydrogens is 524 g/mol. The molecule has 0 saturated heterocycles. The Labute approximate surface area is 233 Å². The summed E-state index contributed by atoms with van der Waals surface area (Å²) in [5, 5.41) is 11.6. The number of ether oxygens (including phenoxy) is 1. The fourth-order valence-corrected chi connectivity index (χ4v) is 4.80. The summed E-state index contributed by atoms with van der Waals surface area (Å²) in [6.45, 7) is 14.2. The van der Waals surface area contributed by atoms with Crippen LogP contribution in [0.1, 0.15) is 69.0 Å². The van der Waals surface area contributed by atoms with Gasteiger partial charge in [-0.25, -0.2) is 14.6 Å². The van der Waals surface area contributed by atoms with Gasteiger partial charge in [0.25, 0.3) is 0 Å². The fourth-order valence-electron chi connectivity index (χ4n) is 3.47. The highest BCUT2D eigenvalue weighted by Gasteiger charge is 2.27. The lowest BCUT2D eigenvalue weighted by Gasteiger charge is -2.27. The summed E-state index contributed by atoms with van der Waals surface area (Å²) in [6.07, 6.45) is 3.97. The van der Waals surface area contributed by atoms with Crippen LogP contribution in [0.25, 0.3) is 0 Å². The first-order valence-electron chi connectivity index (χ1n) is 12.7. The van der Waals surface area contributed by atoms with Gasteiger partial charge < -0.3 is 25.6 Å². The van der Waals surface area contributed by atoms with E-state index in [-0.39, 0.29) is 36.5 Å². The first-order valence-corrected chi connectivity index (χ1v) is 14.5. The van der Waals surface area contributed by atoms with Gasteiger partial charge in [-0.15, -0.1) is 29.3 Å². The molecule has 38 heavy (non-hydrogen) atoms. The molecule has 0 spiro atoms. The van der Waals surface area contributed by atoms with Gasteiger partial charge >= 0.3 is 12.1 Å². The summed E-state index contributed by atoms with van der Waals surface area (Å²) in [6, 6.07) is -1.55. The molecule has 0 aliphatic carbocycles. The molecular formula is C26H40N6O4S2. The minimum Gasteiger partial charge on any atom is -0.444 e. The number of hydrogen-bond donors (Lipinski definition) is 3. The van der Waals surface area contributed by atoms with Crippen LogP contribution in [-0.4, -0.2) is 58.1 Å². The van der Waals surface area contributed by atoms with Crippen molar-refractivity contribution in [2.45, 2.75) is 84.7 Å². The molecule has 0 aliphatic rings. The van der Waals surface area contributed by atoms with Gasteiger partial charge in [0.15, 0.2) is 0 Å². The number of urea groups is 1. The van der Waals surface area contributed by atoms with Crippen LogP contribution in [0.4, 0.5) is 9.59 Å². The van der Waals surface area contributed by atoms with Crippen molar-refractivity contribution in [1.29, 1.82) is 0 Å². The van der Waals surface area contributed by atoms with Gasteiger partial charge in [0.1, 0.15) is 12.6 Å². The Morgan fingerprint density at radius 1 is 1.11 bits per heavy atom. The Hall–Kier alpha value is -2.99. The van der Waals surface area contributed by atoms with E-state index in [2.05, 4.69) is 46.3 Å². The first-order chi connectivity index (χ1) is 18.0. The van der Waals surface area contributed by atoms with Crippen molar-refractivity contribution in [1.82, 2.24) is 30.8 Å². The van der Waals surface area contributed by atoms with Crippen molar-refractivity contribution >= 4 is 40.7 Å². The van der Waals surface area contributed by atoms with Crippen LogP contribution in [0.5, 0.6) is 0 Å². The zero-order chi connectivity index (χ0) is 28.2. The van der Waals surface area contributed by atoms with Gasteiger partial charge in [0.05, 0.1) is 27.6 Å². The zero-order valence-corrected chi connectivity index (χ0v) is 24.7. The van der Waals surface area contributed by atoms with E-state index in [0.29, 0.717) is 25.3 Å². The number of alkyl carbamates (subject to hydrolysis) is 1.